The molecule has 0 bridgehead atoms. The lowest BCUT2D eigenvalue weighted by Crippen LogP contribution is -2.54. The Kier molecular flexibility index (Phi) is 6.76. The van der Waals surface area contributed by atoms with E-state index in [1.165, 1.54) is 0 Å². The third kappa shape index (κ3) is 5.75. The second-order valence-corrected chi connectivity index (χ2v) is 6.17. The molecule has 1 aliphatic rings. The van der Waals surface area contributed by atoms with Gasteiger partial charge in [-0.3, -0.25) is 15.0 Å². The van der Waals surface area contributed by atoms with E-state index in [9.17, 15) is 9.59 Å². The van der Waals surface area contributed by atoms with Crippen LogP contribution in [0.25, 0.3) is 0 Å². The van der Waals surface area contributed by atoms with E-state index < -0.39 is 6.04 Å². The first kappa shape index (κ1) is 18.7. The first-order valence-electron chi connectivity index (χ1n) is 8.42. The van der Waals surface area contributed by atoms with Crippen LogP contribution in [0.2, 0.25) is 0 Å². The minimum atomic E-state index is -0.663. The fourth-order valence-electron chi connectivity index (χ4n) is 2.88. The molecule has 0 spiro atoms. The molecule has 0 aromatic heterocycles. The van der Waals surface area contributed by atoms with Crippen molar-refractivity contribution in [1.29, 1.82) is 5.41 Å². The van der Waals surface area contributed by atoms with Crippen molar-refractivity contribution in [2.45, 2.75) is 31.3 Å². The summed E-state index contributed by atoms with van der Waals surface area (Å²) in [5.41, 5.74) is 11.8. The predicted octanol–water partition coefficient (Wildman–Crippen LogP) is -0.853. The van der Waals surface area contributed by atoms with Gasteiger partial charge in [0.25, 0.3) is 0 Å². The number of rotatable bonds is 6. The zero-order chi connectivity index (χ0) is 18.2. The molecule has 0 aliphatic carbocycles. The van der Waals surface area contributed by atoms with Crippen molar-refractivity contribution in [2.75, 3.05) is 19.6 Å². The summed E-state index contributed by atoms with van der Waals surface area (Å²) in [5.74, 6) is -0.517. The normalized spacial score (nSPS) is 16.1. The lowest BCUT2D eigenvalue weighted by Gasteiger charge is -2.33. The average Bonchev–Trinajstić information content (AvgIpc) is 2.62. The SMILES string of the molecule is N=C(N)N1CCC(NC(=O)[C@H](Cc2ccccc2)NC(=O)CN)CC1. The van der Waals surface area contributed by atoms with Gasteiger partial charge in [0.15, 0.2) is 5.96 Å². The third-order valence-corrected chi connectivity index (χ3v) is 4.30. The summed E-state index contributed by atoms with van der Waals surface area (Å²) in [6, 6.07) is 8.87. The lowest BCUT2D eigenvalue weighted by atomic mass is 10.0. The van der Waals surface area contributed by atoms with Gasteiger partial charge in [0, 0.05) is 25.6 Å². The Morgan fingerprint density at radius 2 is 1.88 bits per heavy atom. The second-order valence-electron chi connectivity index (χ2n) is 6.17. The van der Waals surface area contributed by atoms with E-state index in [0.717, 1.165) is 5.56 Å². The Hall–Kier alpha value is -2.61. The van der Waals surface area contributed by atoms with Gasteiger partial charge in [0.1, 0.15) is 6.04 Å². The van der Waals surface area contributed by atoms with Gasteiger partial charge in [-0.1, -0.05) is 30.3 Å². The van der Waals surface area contributed by atoms with E-state index in [1.54, 1.807) is 4.90 Å². The molecule has 136 valence electrons. The average molecular weight is 346 g/mol. The number of benzene rings is 1. The molecule has 2 rings (SSSR count). The summed E-state index contributed by atoms with van der Waals surface area (Å²) in [6.07, 6.45) is 1.84. The molecule has 1 heterocycles. The van der Waals surface area contributed by atoms with E-state index >= 15 is 0 Å². The minimum absolute atomic E-state index is 0.0103. The van der Waals surface area contributed by atoms with Crippen LogP contribution in [-0.2, 0) is 16.0 Å². The van der Waals surface area contributed by atoms with E-state index in [4.69, 9.17) is 16.9 Å². The first-order valence-corrected chi connectivity index (χ1v) is 8.42. The maximum Gasteiger partial charge on any atom is 0.243 e. The highest BCUT2D eigenvalue weighted by molar-refractivity contribution is 5.88. The molecule has 1 aromatic rings. The number of nitrogens with zero attached hydrogens (tertiary/aromatic N) is 1. The number of likely N-dealkylation sites (tertiary alicyclic amines) is 1. The highest BCUT2D eigenvalue weighted by Gasteiger charge is 2.26. The lowest BCUT2D eigenvalue weighted by molar-refractivity contribution is -0.129. The van der Waals surface area contributed by atoms with Gasteiger partial charge in [-0.15, -0.1) is 0 Å². The van der Waals surface area contributed by atoms with Gasteiger partial charge in [0.2, 0.25) is 11.8 Å². The topological polar surface area (TPSA) is 137 Å². The summed E-state index contributed by atoms with van der Waals surface area (Å²) in [6.45, 7) is 1.12. The van der Waals surface area contributed by atoms with Crippen molar-refractivity contribution in [1.82, 2.24) is 15.5 Å². The summed E-state index contributed by atoms with van der Waals surface area (Å²) in [7, 11) is 0. The summed E-state index contributed by atoms with van der Waals surface area (Å²) >= 11 is 0. The standard InChI is InChI=1S/C17H26N6O2/c18-11-15(24)22-14(10-12-4-2-1-3-5-12)16(25)21-13-6-8-23(9-7-13)17(19)20/h1-5,13-14H,6-11,18H2,(H3,19,20)(H,21,25)(H,22,24)/t14-/m0/s1. The Morgan fingerprint density at radius 1 is 1.24 bits per heavy atom. The number of piperidine rings is 1. The van der Waals surface area contributed by atoms with E-state index in [0.29, 0.717) is 32.4 Å². The summed E-state index contributed by atoms with van der Waals surface area (Å²) in [5, 5.41) is 13.1. The highest BCUT2D eigenvalue weighted by atomic mass is 16.2. The molecule has 1 atom stereocenters. The number of nitrogens with one attached hydrogen (secondary N) is 3. The van der Waals surface area contributed by atoms with Crippen LogP contribution in [0.4, 0.5) is 0 Å². The molecule has 0 saturated carbocycles. The minimum Gasteiger partial charge on any atom is -0.370 e. The largest absolute Gasteiger partial charge is 0.370 e. The van der Waals surface area contributed by atoms with Crippen molar-refractivity contribution < 1.29 is 9.59 Å². The van der Waals surface area contributed by atoms with Gasteiger partial charge >= 0.3 is 0 Å². The molecule has 8 heteroatoms. The van der Waals surface area contributed by atoms with Crippen LogP contribution in [0.5, 0.6) is 0 Å². The number of amides is 2. The monoisotopic (exact) mass is 346 g/mol. The number of hydrogen-bond acceptors (Lipinski definition) is 4. The first-order chi connectivity index (χ1) is 12.0. The second kappa shape index (κ2) is 9.03. The molecular weight excluding hydrogens is 320 g/mol. The fourth-order valence-corrected chi connectivity index (χ4v) is 2.88. The maximum atomic E-state index is 12.6. The molecule has 1 fully saturated rings. The van der Waals surface area contributed by atoms with Crippen molar-refractivity contribution in [3.8, 4) is 0 Å². The number of nitrogens with two attached hydrogens (primary N) is 2. The molecular formula is C17H26N6O2. The third-order valence-electron chi connectivity index (χ3n) is 4.30. The quantitative estimate of drug-likeness (QED) is 0.337. The number of guanidine groups is 1. The predicted molar refractivity (Wildman–Crippen MR) is 95.8 cm³/mol. The van der Waals surface area contributed by atoms with Crippen LogP contribution in [0.15, 0.2) is 30.3 Å². The van der Waals surface area contributed by atoms with Gasteiger partial charge in [-0.05, 0) is 18.4 Å². The Balaban J connectivity index is 1.95. The maximum absolute atomic E-state index is 12.6. The molecule has 1 saturated heterocycles. The number of carbonyl (C=O) groups excluding carboxylic acids is 2. The van der Waals surface area contributed by atoms with Gasteiger partial charge in [-0.25, -0.2) is 0 Å². The van der Waals surface area contributed by atoms with Crippen molar-refractivity contribution in [3.05, 3.63) is 35.9 Å². The van der Waals surface area contributed by atoms with Crippen LogP contribution in [0, 0.1) is 5.41 Å². The van der Waals surface area contributed by atoms with Gasteiger partial charge in [-0.2, -0.15) is 0 Å². The molecule has 0 unspecified atom stereocenters. The zero-order valence-electron chi connectivity index (χ0n) is 14.2. The van der Waals surface area contributed by atoms with E-state index in [1.807, 2.05) is 30.3 Å². The zero-order valence-corrected chi connectivity index (χ0v) is 14.2. The van der Waals surface area contributed by atoms with Crippen molar-refractivity contribution in [2.24, 2.45) is 11.5 Å². The van der Waals surface area contributed by atoms with Gasteiger partial charge < -0.3 is 27.0 Å². The molecule has 0 radical (unpaired) electrons. The van der Waals surface area contributed by atoms with E-state index in [-0.39, 0.29) is 30.4 Å². The molecule has 25 heavy (non-hydrogen) atoms. The highest BCUT2D eigenvalue weighted by Crippen LogP contribution is 2.11. The molecule has 2 amide bonds. The van der Waals surface area contributed by atoms with Crippen LogP contribution < -0.4 is 22.1 Å². The van der Waals surface area contributed by atoms with Crippen molar-refractivity contribution in [3.63, 3.8) is 0 Å². The van der Waals surface area contributed by atoms with Crippen LogP contribution in [0.1, 0.15) is 18.4 Å². The molecule has 7 N–H and O–H groups in total. The molecule has 1 aromatic carbocycles. The van der Waals surface area contributed by atoms with Crippen LogP contribution in [0.3, 0.4) is 0 Å². The number of carbonyl (C=O) groups is 2. The Labute approximate surface area is 147 Å². The van der Waals surface area contributed by atoms with Crippen LogP contribution in [-0.4, -0.2) is 54.4 Å². The Morgan fingerprint density at radius 3 is 2.44 bits per heavy atom. The summed E-state index contributed by atoms with van der Waals surface area (Å²) in [4.78, 5) is 26.1. The smallest absolute Gasteiger partial charge is 0.243 e. The fraction of sp³-hybridized carbons (Fsp3) is 0.471. The van der Waals surface area contributed by atoms with Crippen molar-refractivity contribution >= 4 is 17.8 Å². The summed E-state index contributed by atoms with van der Waals surface area (Å²) < 4.78 is 0. The number of hydrogen-bond donors (Lipinski definition) is 5. The Bertz CT molecular complexity index is 598. The van der Waals surface area contributed by atoms with E-state index in [2.05, 4.69) is 10.6 Å². The van der Waals surface area contributed by atoms with Crippen LogP contribution >= 0.6 is 0 Å². The molecule has 8 nitrogen and oxygen atoms in total. The molecule has 1 aliphatic heterocycles. The van der Waals surface area contributed by atoms with Gasteiger partial charge in [0.05, 0.1) is 6.54 Å².